The molecular weight excluding hydrogens is 330 g/mol. The molecule has 2 rings (SSSR count). The second-order valence-electron chi connectivity index (χ2n) is 5.87. The van der Waals surface area contributed by atoms with E-state index in [1.54, 1.807) is 12.1 Å². The molecule has 4 nitrogen and oxygen atoms in total. The van der Waals surface area contributed by atoms with Crippen LogP contribution in [0.25, 0.3) is 0 Å². The van der Waals surface area contributed by atoms with Crippen LogP contribution >= 0.6 is 15.9 Å². The van der Waals surface area contributed by atoms with Gasteiger partial charge in [0.25, 0.3) is 5.91 Å². The highest BCUT2D eigenvalue weighted by atomic mass is 79.9. The number of benzene rings is 1. The summed E-state index contributed by atoms with van der Waals surface area (Å²) in [4.78, 5) is 14.6. The molecule has 1 aromatic carbocycles. The molecule has 0 spiro atoms. The number of anilines is 1. The van der Waals surface area contributed by atoms with Gasteiger partial charge in [0.1, 0.15) is 0 Å². The molecule has 1 aromatic rings. The maximum atomic E-state index is 12.1. The fraction of sp³-hybridized carbons (Fsp3) is 0.562. The van der Waals surface area contributed by atoms with Crippen LogP contribution in [0.2, 0.25) is 0 Å². The first kappa shape index (κ1) is 16.3. The molecule has 1 saturated heterocycles. The summed E-state index contributed by atoms with van der Waals surface area (Å²) in [5.74, 6) is 0.765. The maximum absolute atomic E-state index is 12.1. The molecule has 3 N–H and O–H groups in total. The highest BCUT2D eigenvalue weighted by molar-refractivity contribution is 9.10. The number of halogens is 1. The summed E-state index contributed by atoms with van der Waals surface area (Å²) in [7, 11) is 0. The van der Waals surface area contributed by atoms with E-state index in [0.29, 0.717) is 17.8 Å². The number of nitrogens with two attached hydrogens (primary N) is 1. The summed E-state index contributed by atoms with van der Waals surface area (Å²) in [6.07, 6.45) is 3.57. The fourth-order valence-electron chi connectivity index (χ4n) is 2.61. The number of nitrogen functional groups attached to an aromatic ring is 1. The Kier molecular flexibility index (Phi) is 6.06. The van der Waals surface area contributed by atoms with Gasteiger partial charge in [-0.15, -0.1) is 0 Å². The highest BCUT2D eigenvalue weighted by Crippen LogP contribution is 2.18. The summed E-state index contributed by atoms with van der Waals surface area (Å²) in [6.45, 7) is 6.44. The Bertz CT molecular complexity index is 484. The van der Waals surface area contributed by atoms with E-state index in [-0.39, 0.29) is 5.91 Å². The van der Waals surface area contributed by atoms with Crippen LogP contribution < -0.4 is 11.1 Å². The smallest absolute Gasteiger partial charge is 0.253 e. The van der Waals surface area contributed by atoms with Gasteiger partial charge >= 0.3 is 0 Å². The van der Waals surface area contributed by atoms with Crippen molar-refractivity contribution in [2.45, 2.75) is 26.2 Å². The molecule has 1 aliphatic rings. The lowest BCUT2D eigenvalue weighted by molar-refractivity contribution is 0.0951. The van der Waals surface area contributed by atoms with E-state index < -0.39 is 0 Å². The van der Waals surface area contributed by atoms with Crippen molar-refractivity contribution in [3.05, 3.63) is 28.2 Å². The third kappa shape index (κ3) is 5.00. The summed E-state index contributed by atoms with van der Waals surface area (Å²) < 4.78 is 0.865. The van der Waals surface area contributed by atoms with E-state index in [1.807, 2.05) is 6.07 Å². The highest BCUT2D eigenvalue weighted by Gasteiger charge is 2.15. The fourth-order valence-corrected chi connectivity index (χ4v) is 2.97. The number of piperidine rings is 1. The van der Waals surface area contributed by atoms with Gasteiger partial charge in [0.05, 0.1) is 5.56 Å². The van der Waals surface area contributed by atoms with Crippen LogP contribution in [0, 0.1) is 5.92 Å². The van der Waals surface area contributed by atoms with Crippen molar-refractivity contribution in [3.8, 4) is 0 Å². The summed E-state index contributed by atoms with van der Waals surface area (Å²) in [5, 5.41) is 2.95. The molecule has 0 saturated carbocycles. The molecule has 21 heavy (non-hydrogen) atoms. The Hall–Kier alpha value is -1.07. The zero-order valence-corrected chi connectivity index (χ0v) is 14.2. The first-order valence-electron chi connectivity index (χ1n) is 7.62. The second-order valence-corrected chi connectivity index (χ2v) is 6.78. The molecular formula is C16H24BrN3O. The van der Waals surface area contributed by atoms with Crippen molar-refractivity contribution in [3.63, 3.8) is 0 Å². The zero-order valence-electron chi connectivity index (χ0n) is 12.6. The standard InChI is InChI=1S/C16H24BrN3O/c1-12-5-9-20(10-6-12)8-2-7-19-16(21)14-11-13(17)3-4-15(14)18/h3-4,11-12H,2,5-10,18H2,1H3,(H,19,21). The van der Waals surface area contributed by atoms with Gasteiger partial charge in [-0.05, 0) is 63.0 Å². The number of amides is 1. The minimum Gasteiger partial charge on any atom is -0.398 e. The zero-order chi connectivity index (χ0) is 15.2. The van der Waals surface area contributed by atoms with E-state index in [2.05, 4.69) is 33.1 Å². The van der Waals surface area contributed by atoms with Gasteiger partial charge in [-0.1, -0.05) is 22.9 Å². The quantitative estimate of drug-likeness (QED) is 0.632. The van der Waals surface area contributed by atoms with E-state index in [4.69, 9.17) is 5.73 Å². The SMILES string of the molecule is CC1CCN(CCCNC(=O)c2cc(Br)ccc2N)CC1. The van der Waals surface area contributed by atoms with Crippen molar-refractivity contribution in [1.29, 1.82) is 0 Å². The number of hydrogen-bond donors (Lipinski definition) is 2. The number of carbonyl (C=O) groups excluding carboxylic acids is 1. The average molecular weight is 354 g/mol. The number of nitrogens with zero attached hydrogens (tertiary/aromatic N) is 1. The van der Waals surface area contributed by atoms with Gasteiger partial charge in [0.15, 0.2) is 0 Å². The van der Waals surface area contributed by atoms with Crippen LogP contribution in [0.15, 0.2) is 22.7 Å². The Labute approximate surface area is 135 Å². The molecule has 0 unspecified atom stereocenters. The van der Waals surface area contributed by atoms with Crippen molar-refractivity contribution < 1.29 is 4.79 Å². The number of likely N-dealkylation sites (tertiary alicyclic amines) is 1. The molecule has 0 atom stereocenters. The lowest BCUT2D eigenvalue weighted by Crippen LogP contribution is -2.35. The number of nitrogens with one attached hydrogen (secondary N) is 1. The molecule has 0 aromatic heterocycles. The average Bonchev–Trinajstić information content (AvgIpc) is 2.47. The molecule has 0 radical (unpaired) electrons. The van der Waals surface area contributed by atoms with Crippen LogP contribution in [0.4, 0.5) is 5.69 Å². The van der Waals surface area contributed by atoms with Crippen LogP contribution in [-0.2, 0) is 0 Å². The van der Waals surface area contributed by atoms with Crippen LogP contribution in [-0.4, -0.2) is 37.0 Å². The molecule has 116 valence electrons. The summed E-state index contributed by atoms with van der Waals surface area (Å²) >= 11 is 3.36. The first-order chi connectivity index (χ1) is 10.1. The Morgan fingerprint density at radius 1 is 1.43 bits per heavy atom. The molecule has 0 aliphatic carbocycles. The Morgan fingerprint density at radius 2 is 2.14 bits per heavy atom. The number of rotatable bonds is 5. The van der Waals surface area contributed by atoms with E-state index in [1.165, 1.54) is 25.9 Å². The van der Waals surface area contributed by atoms with E-state index >= 15 is 0 Å². The Morgan fingerprint density at radius 3 is 2.86 bits per heavy atom. The number of carbonyl (C=O) groups is 1. The molecule has 5 heteroatoms. The molecule has 1 fully saturated rings. The van der Waals surface area contributed by atoms with Crippen LogP contribution in [0.1, 0.15) is 36.5 Å². The minimum atomic E-state index is -0.0962. The monoisotopic (exact) mass is 353 g/mol. The van der Waals surface area contributed by atoms with Gasteiger partial charge < -0.3 is 16.0 Å². The van der Waals surface area contributed by atoms with Gasteiger partial charge in [0, 0.05) is 16.7 Å². The molecule has 0 bridgehead atoms. The predicted octanol–water partition coefficient (Wildman–Crippen LogP) is 2.88. The predicted molar refractivity (Wildman–Crippen MR) is 90.3 cm³/mol. The van der Waals surface area contributed by atoms with Gasteiger partial charge in [-0.25, -0.2) is 0 Å². The summed E-state index contributed by atoms with van der Waals surface area (Å²) in [6, 6.07) is 5.34. The van der Waals surface area contributed by atoms with E-state index in [0.717, 1.165) is 23.4 Å². The molecule has 1 aliphatic heterocycles. The first-order valence-corrected chi connectivity index (χ1v) is 8.41. The van der Waals surface area contributed by atoms with Crippen molar-refractivity contribution in [1.82, 2.24) is 10.2 Å². The second kappa shape index (κ2) is 7.80. The largest absolute Gasteiger partial charge is 0.398 e. The molecule has 1 amide bonds. The normalized spacial score (nSPS) is 16.9. The van der Waals surface area contributed by atoms with Gasteiger partial charge in [-0.3, -0.25) is 4.79 Å². The lowest BCUT2D eigenvalue weighted by atomic mass is 9.99. The van der Waals surface area contributed by atoms with Crippen molar-refractivity contribution in [2.75, 3.05) is 31.9 Å². The summed E-state index contributed by atoms with van der Waals surface area (Å²) in [5.41, 5.74) is 6.89. The minimum absolute atomic E-state index is 0.0962. The van der Waals surface area contributed by atoms with Crippen LogP contribution in [0.5, 0.6) is 0 Å². The van der Waals surface area contributed by atoms with Crippen molar-refractivity contribution >= 4 is 27.5 Å². The maximum Gasteiger partial charge on any atom is 0.253 e. The molecule has 1 heterocycles. The van der Waals surface area contributed by atoms with Gasteiger partial charge in [-0.2, -0.15) is 0 Å². The van der Waals surface area contributed by atoms with Crippen molar-refractivity contribution in [2.24, 2.45) is 5.92 Å². The topological polar surface area (TPSA) is 58.4 Å². The van der Waals surface area contributed by atoms with Crippen LogP contribution in [0.3, 0.4) is 0 Å². The lowest BCUT2D eigenvalue weighted by Gasteiger charge is -2.30. The van der Waals surface area contributed by atoms with Gasteiger partial charge in [0.2, 0.25) is 0 Å². The third-order valence-electron chi connectivity index (χ3n) is 4.07. The number of hydrogen-bond acceptors (Lipinski definition) is 3. The van der Waals surface area contributed by atoms with E-state index in [9.17, 15) is 4.79 Å². The third-order valence-corrected chi connectivity index (χ3v) is 4.57. The Balaban J connectivity index is 1.71.